The Morgan fingerprint density at radius 2 is 1.79 bits per heavy atom. The topological polar surface area (TPSA) is 21.3 Å². The standard InChI is InChI=1S/C17H29NO/c1-4-6-7-8-13-18-14-16-9-11-17(12-10-16)19-15(3)5-2/h9-12,15,18H,4-8,13-14H2,1-3H3. The van der Waals surface area contributed by atoms with Gasteiger partial charge >= 0.3 is 0 Å². The molecule has 1 aromatic rings. The van der Waals surface area contributed by atoms with Crippen LogP contribution in [-0.4, -0.2) is 12.6 Å². The van der Waals surface area contributed by atoms with Crippen molar-refractivity contribution in [1.82, 2.24) is 5.32 Å². The fourth-order valence-electron chi connectivity index (χ4n) is 1.91. The van der Waals surface area contributed by atoms with Gasteiger partial charge in [-0.15, -0.1) is 0 Å². The van der Waals surface area contributed by atoms with Crippen molar-refractivity contribution in [1.29, 1.82) is 0 Å². The van der Waals surface area contributed by atoms with Gasteiger partial charge in [-0.1, -0.05) is 45.2 Å². The predicted molar refractivity (Wildman–Crippen MR) is 82.7 cm³/mol. The molecule has 1 rings (SSSR count). The van der Waals surface area contributed by atoms with E-state index in [1.54, 1.807) is 0 Å². The third-order valence-corrected chi connectivity index (χ3v) is 3.37. The molecule has 0 aliphatic carbocycles. The molecule has 1 atom stereocenters. The molecule has 0 heterocycles. The minimum atomic E-state index is 0.294. The molecule has 0 amide bonds. The van der Waals surface area contributed by atoms with Crippen LogP contribution in [0.15, 0.2) is 24.3 Å². The molecule has 0 saturated heterocycles. The molecule has 1 aromatic carbocycles. The van der Waals surface area contributed by atoms with Crippen molar-refractivity contribution in [2.75, 3.05) is 6.54 Å². The molecule has 0 spiro atoms. The number of benzene rings is 1. The zero-order valence-corrected chi connectivity index (χ0v) is 12.7. The summed E-state index contributed by atoms with van der Waals surface area (Å²) in [5.41, 5.74) is 1.33. The summed E-state index contributed by atoms with van der Waals surface area (Å²) in [6, 6.07) is 8.44. The number of ether oxygens (including phenoxy) is 1. The second-order valence-corrected chi connectivity index (χ2v) is 5.22. The van der Waals surface area contributed by atoms with E-state index in [9.17, 15) is 0 Å². The van der Waals surface area contributed by atoms with Crippen LogP contribution < -0.4 is 10.1 Å². The van der Waals surface area contributed by atoms with E-state index in [2.05, 4.69) is 50.4 Å². The van der Waals surface area contributed by atoms with Gasteiger partial charge in [-0.05, 0) is 44.0 Å². The minimum Gasteiger partial charge on any atom is -0.491 e. The van der Waals surface area contributed by atoms with Crippen LogP contribution in [0.1, 0.15) is 58.4 Å². The predicted octanol–water partition coefficient (Wildman–Crippen LogP) is 4.53. The number of rotatable bonds is 10. The molecule has 1 N–H and O–H groups in total. The molecule has 108 valence electrons. The first-order chi connectivity index (χ1) is 9.26. The van der Waals surface area contributed by atoms with E-state index in [4.69, 9.17) is 4.74 Å². The van der Waals surface area contributed by atoms with Gasteiger partial charge < -0.3 is 10.1 Å². The Balaban J connectivity index is 2.21. The molecule has 0 saturated carbocycles. The lowest BCUT2D eigenvalue weighted by Crippen LogP contribution is -2.14. The summed E-state index contributed by atoms with van der Waals surface area (Å²) in [5.74, 6) is 0.973. The SMILES string of the molecule is CCCCCCNCc1ccc(OC(C)CC)cc1. The van der Waals surface area contributed by atoms with Crippen molar-refractivity contribution in [2.24, 2.45) is 0 Å². The zero-order valence-electron chi connectivity index (χ0n) is 12.7. The Bertz CT molecular complexity index is 321. The second-order valence-electron chi connectivity index (χ2n) is 5.22. The van der Waals surface area contributed by atoms with Crippen LogP contribution in [0, 0.1) is 0 Å². The minimum absolute atomic E-state index is 0.294. The largest absolute Gasteiger partial charge is 0.491 e. The lowest BCUT2D eigenvalue weighted by atomic mass is 10.2. The summed E-state index contributed by atoms with van der Waals surface area (Å²) in [6.45, 7) is 8.56. The highest BCUT2D eigenvalue weighted by Crippen LogP contribution is 2.14. The highest BCUT2D eigenvalue weighted by molar-refractivity contribution is 5.27. The molecular formula is C17H29NO. The first-order valence-corrected chi connectivity index (χ1v) is 7.72. The van der Waals surface area contributed by atoms with Gasteiger partial charge in [-0.25, -0.2) is 0 Å². The summed E-state index contributed by atoms with van der Waals surface area (Å²) >= 11 is 0. The van der Waals surface area contributed by atoms with E-state index in [1.165, 1.54) is 31.2 Å². The molecule has 0 fully saturated rings. The van der Waals surface area contributed by atoms with Gasteiger partial charge in [0.2, 0.25) is 0 Å². The van der Waals surface area contributed by atoms with Crippen molar-refractivity contribution in [3.05, 3.63) is 29.8 Å². The van der Waals surface area contributed by atoms with Crippen molar-refractivity contribution >= 4 is 0 Å². The third-order valence-electron chi connectivity index (χ3n) is 3.37. The van der Waals surface area contributed by atoms with Crippen molar-refractivity contribution in [3.8, 4) is 5.75 Å². The van der Waals surface area contributed by atoms with Crippen LogP contribution in [0.2, 0.25) is 0 Å². The highest BCUT2D eigenvalue weighted by Gasteiger charge is 2.00. The van der Waals surface area contributed by atoms with Crippen LogP contribution in [-0.2, 0) is 6.54 Å². The number of hydrogen-bond donors (Lipinski definition) is 1. The number of nitrogens with one attached hydrogen (secondary N) is 1. The highest BCUT2D eigenvalue weighted by atomic mass is 16.5. The molecule has 2 nitrogen and oxygen atoms in total. The molecule has 19 heavy (non-hydrogen) atoms. The lowest BCUT2D eigenvalue weighted by molar-refractivity contribution is 0.217. The molecule has 0 radical (unpaired) electrons. The maximum Gasteiger partial charge on any atom is 0.119 e. The normalized spacial score (nSPS) is 12.4. The van der Waals surface area contributed by atoms with E-state index in [1.807, 2.05) is 0 Å². The molecule has 2 heteroatoms. The molecule has 0 aromatic heterocycles. The van der Waals surface area contributed by atoms with Crippen LogP contribution in [0.25, 0.3) is 0 Å². The van der Waals surface area contributed by atoms with E-state index in [0.717, 1.165) is 25.3 Å². The Hall–Kier alpha value is -1.02. The summed E-state index contributed by atoms with van der Waals surface area (Å²) in [5, 5.41) is 3.49. The average Bonchev–Trinajstić information content (AvgIpc) is 2.44. The van der Waals surface area contributed by atoms with E-state index < -0.39 is 0 Å². The summed E-state index contributed by atoms with van der Waals surface area (Å²) in [4.78, 5) is 0. The van der Waals surface area contributed by atoms with Gasteiger partial charge in [0.15, 0.2) is 0 Å². The van der Waals surface area contributed by atoms with Gasteiger partial charge in [0, 0.05) is 6.54 Å². The fraction of sp³-hybridized carbons (Fsp3) is 0.647. The van der Waals surface area contributed by atoms with Gasteiger partial charge in [0.1, 0.15) is 5.75 Å². The van der Waals surface area contributed by atoms with Gasteiger partial charge in [0.05, 0.1) is 6.10 Å². The van der Waals surface area contributed by atoms with E-state index >= 15 is 0 Å². The van der Waals surface area contributed by atoms with Crippen molar-refractivity contribution in [3.63, 3.8) is 0 Å². The smallest absolute Gasteiger partial charge is 0.119 e. The molecule has 1 unspecified atom stereocenters. The first kappa shape index (κ1) is 16.0. The van der Waals surface area contributed by atoms with Gasteiger partial charge in [-0.3, -0.25) is 0 Å². The van der Waals surface area contributed by atoms with Crippen LogP contribution >= 0.6 is 0 Å². The Morgan fingerprint density at radius 3 is 2.42 bits per heavy atom. The van der Waals surface area contributed by atoms with Crippen LogP contribution in [0.5, 0.6) is 5.75 Å². The second kappa shape index (κ2) is 9.85. The fourth-order valence-corrected chi connectivity index (χ4v) is 1.91. The molecular weight excluding hydrogens is 234 g/mol. The third kappa shape index (κ3) is 7.22. The average molecular weight is 263 g/mol. The zero-order chi connectivity index (χ0) is 13.9. The number of hydrogen-bond acceptors (Lipinski definition) is 2. The van der Waals surface area contributed by atoms with Crippen LogP contribution in [0.3, 0.4) is 0 Å². The quantitative estimate of drug-likeness (QED) is 0.626. The van der Waals surface area contributed by atoms with Gasteiger partial charge in [-0.2, -0.15) is 0 Å². The number of unbranched alkanes of at least 4 members (excludes halogenated alkanes) is 3. The Morgan fingerprint density at radius 1 is 1.05 bits per heavy atom. The van der Waals surface area contributed by atoms with E-state index in [0.29, 0.717) is 6.10 Å². The van der Waals surface area contributed by atoms with Crippen LogP contribution in [0.4, 0.5) is 0 Å². The van der Waals surface area contributed by atoms with Crippen molar-refractivity contribution in [2.45, 2.75) is 65.5 Å². The summed E-state index contributed by atoms with van der Waals surface area (Å²) in [6.07, 6.45) is 6.61. The summed E-state index contributed by atoms with van der Waals surface area (Å²) in [7, 11) is 0. The maximum absolute atomic E-state index is 5.77. The first-order valence-electron chi connectivity index (χ1n) is 7.72. The molecule has 0 bridgehead atoms. The molecule has 0 aliphatic rings. The van der Waals surface area contributed by atoms with E-state index in [-0.39, 0.29) is 0 Å². The monoisotopic (exact) mass is 263 g/mol. The maximum atomic E-state index is 5.77. The van der Waals surface area contributed by atoms with Gasteiger partial charge in [0.25, 0.3) is 0 Å². The lowest BCUT2D eigenvalue weighted by Gasteiger charge is -2.13. The Kier molecular flexibility index (Phi) is 8.31. The van der Waals surface area contributed by atoms with Crippen molar-refractivity contribution < 1.29 is 4.74 Å². The summed E-state index contributed by atoms with van der Waals surface area (Å²) < 4.78 is 5.77. The Labute approximate surface area is 118 Å². The molecule has 0 aliphatic heterocycles.